The summed E-state index contributed by atoms with van der Waals surface area (Å²) in [6, 6.07) is 13.7. The molecule has 1 N–H and O–H groups in total. The molecule has 6 heteroatoms. The van der Waals surface area contributed by atoms with Crippen LogP contribution in [0.15, 0.2) is 59.2 Å². The van der Waals surface area contributed by atoms with E-state index >= 15 is 0 Å². The van der Waals surface area contributed by atoms with Crippen molar-refractivity contribution in [3.8, 4) is 28.4 Å². The molecule has 0 aliphatic heterocycles. The predicted octanol–water partition coefficient (Wildman–Crippen LogP) is 7.09. The van der Waals surface area contributed by atoms with Crippen molar-refractivity contribution in [2.24, 2.45) is 0 Å². The molecule has 186 valence electrons. The number of methoxy groups -OCH3 is 3. The van der Waals surface area contributed by atoms with Crippen molar-refractivity contribution < 1.29 is 23.4 Å². The number of carbonyl (C=O) groups is 1. The Labute approximate surface area is 211 Å². The minimum atomic E-state index is -0.204. The normalized spacial score (nSPS) is 11.5. The zero-order valence-electron chi connectivity index (χ0n) is 21.7. The molecule has 0 radical (unpaired) electrons. The number of fused-ring (bicyclic) bond motifs is 1. The average molecular weight is 486 g/mol. The van der Waals surface area contributed by atoms with E-state index < -0.39 is 0 Å². The minimum absolute atomic E-state index is 0.204. The van der Waals surface area contributed by atoms with Crippen molar-refractivity contribution in [2.75, 3.05) is 26.6 Å². The van der Waals surface area contributed by atoms with Crippen LogP contribution in [0.4, 0.5) is 5.69 Å². The molecule has 0 spiro atoms. The molecular weight excluding hydrogens is 454 g/mol. The number of ether oxygens (including phenoxy) is 3. The summed E-state index contributed by atoms with van der Waals surface area (Å²) in [6.07, 6.45) is 3.32. The maximum Gasteiger partial charge on any atom is 0.248 e. The van der Waals surface area contributed by atoms with E-state index in [1.165, 1.54) is 0 Å². The van der Waals surface area contributed by atoms with E-state index in [-0.39, 0.29) is 5.91 Å². The summed E-state index contributed by atoms with van der Waals surface area (Å²) in [4.78, 5) is 12.9. The molecule has 0 aliphatic rings. The fourth-order valence-corrected chi connectivity index (χ4v) is 4.60. The summed E-state index contributed by atoms with van der Waals surface area (Å²) >= 11 is 0. The Morgan fingerprint density at radius 1 is 0.889 bits per heavy atom. The second-order valence-electron chi connectivity index (χ2n) is 8.87. The van der Waals surface area contributed by atoms with Gasteiger partial charge in [0.2, 0.25) is 5.91 Å². The number of benzene rings is 3. The zero-order valence-corrected chi connectivity index (χ0v) is 21.7. The van der Waals surface area contributed by atoms with E-state index in [0.717, 1.165) is 55.6 Å². The number of hydrogen-bond acceptors (Lipinski definition) is 5. The molecule has 1 aromatic heterocycles. The molecule has 0 fully saturated rings. The number of allylic oxidation sites excluding steroid dienone is 1. The van der Waals surface area contributed by atoms with E-state index in [4.69, 9.17) is 18.6 Å². The van der Waals surface area contributed by atoms with Gasteiger partial charge in [0.1, 0.15) is 11.3 Å². The minimum Gasteiger partial charge on any atom is -0.496 e. The van der Waals surface area contributed by atoms with Gasteiger partial charge in [0, 0.05) is 33.8 Å². The molecule has 0 saturated carbocycles. The lowest BCUT2D eigenvalue weighted by Gasteiger charge is -2.14. The summed E-state index contributed by atoms with van der Waals surface area (Å²) in [5, 5.41) is 3.88. The smallest absolute Gasteiger partial charge is 0.248 e. The number of rotatable bonds is 7. The van der Waals surface area contributed by atoms with Gasteiger partial charge in [-0.05, 0) is 80.3 Å². The number of anilines is 1. The highest BCUT2D eigenvalue weighted by Crippen LogP contribution is 2.42. The Kier molecular flexibility index (Phi) is 7.06. The average Bonchev–Trinajstić information content (AvgIpc) is 3.27. The molecule has 0 aliphatic carbocycles. The van der Waals surface area contributed by atoms with Crippen molar-refractivity contribution in [3.05, 3.63) is 77.1 Å². The van der Waals surface area contributed by atoms with E-state index in [2.05, 4.69) is 11.4 Å². The molecular formula is C30H31NO5. The van der Waals surface area contributed by atoms with Crippen molar-refractivity contribution in [2.45, 2.75) is 27.7 Å². The van der Waals surface area contributed by atoms with Gasteiger partial charge < -0.3 is 23.9 Å². The topological polar surface area (TPSA) is 69.9 Å². The Morgan fingerprint density at radius 3 is 2.22 bits per heavy atom. The summed E-state index contributed by atoms with van der Waals surface area (Å²) in [6.45, 7) is 7.87. The fraction of sp³-hybridized carbons (Fsp3) is 0.233. The molecule has 0 bridgehead atoms. The van der Waals surface area contributed by atoms with Crippen molar-refractivity contribution in [1.82, 2.24) is 0 Å². The van der Waals surface area contributed by atoms with Gasteiger partial charge in [-0.3, -0.25) is 4.79 Å². The lowest BCUT2D eigenvalue weighted by molar-refractivity contribution is -0.111. The predicted molar refractivity (Wildman–Crippen MR) is 144 cm³/mol. The monoisotopic (exact) mass is 485 g/mol. The number of aryl methyl sites for hydroxylation is 3. The van der Waals surface area contributed by atoms with Gasteiger partial charge in [0.05, 0.1) is 27.6 Å². The highest BCUT2D eigenvalue weighted by molar-refractivity contribution is 6.06. The third-order valence-electron chi connectivity index (χ3n) is 6.20. The molecule has 4 aromatic rings. The molecule has 0 atom stereocenters. The summed E-state index contributed by atoms with van der Waals surface area (Å²) in [5.74, 6) is 1.75. The molecule has 36 heavy (non-hydrogen) atoms. The third-order valence-corrected chi connectivity index (χ3v) is 6.20. The Morgan fingerprint density at radius 2 is 1.58 bits per heavy atom. The van der Waals surface area contributed by atoms with E-state index in [1.54, 1.807) is 33.7 Å². The van der Waals surface area contributed by atoms with Gasteiger partial charge in [-0.2, -0.15) is 0 Å². The van der Waals surface area contributed by atoms with Gasteiger partial charge in [-0.25, -0.2) is 0 Å². The summed E-state index contributed by atoms with van der Waals surface area (Å²) in [5.41, 5.74) is 7.98. The van der Waals surface area contributed by atoms with Gasteiger partial charge in [-0.15, -0.1) is 0 Å². The van der Waals surface area contributed by atoms with Crippen LogP contribution in [0.2, 0.25) is 0 Å². The lowest BCUT2D eigenvalue weighted by Crippen LogP contribution is -2.09. The second-order valence-corrected chi connectivity index (χ2v) is 8.87. The van der Waals surface area contributed by atoms with Crippen molar-refractivity contribution in [1.29, 1.82) is 0 Å². The zero-order chi connectivity index (χ0) is 26.0. The SMILES string of the molecule is COc1ccc(-c2coc3c(C)c(OC)c(/C(C)=C/C(=O)Nc4cc(C)cc(C)c4)cc23)cc1OC. The number of hydrogen-bond donors (Lipinski definition) is 1. The van der Waals surface area contributed by atoms with Crippen molar-refractivity contribution in [3.63, 3.8) is 0 Å². The lowest BCUT2D eigenvalue weighted by atomic mass is 9.96. The first-order chi connectivity index (χ1) is 17.2. The third kappa shape index (κ3) is 4.80. The van der Waals surface area contributed by atoms with Crippen LogP contribution in [-0.4, -0.2) is 27.2 Å². The first-order valence-corrected chi connectivity index (χ1v) is 11.6. The van der Waals surface area contributed by atoms with Crippen LogP contribution in [0.1, 0.15) is 29.2 Å². The van der Waals surface area contributed by atoms with Crippen LogP contribution >= 0.6 is 0 Å². The molecule has 1 heterocycles. The van der Waals surface area contributed by atoms with Crippen LogP contribution in [-0.2, 0) is 4.79 Å². The number of carbonyl (C=O) groups excluding carboxylic acids is 1. The maximum absolute atomic E-state index is 12.9. The maximum atomic E-state index is 12.9. The van der Waals surface area contributed by atoms with E-state index in [9.17, 15) is 4.79 Å². The van der Waals surface area contributed by atoms with Gasteiger partial charge in [-0.1, -0.05) is 12.1 Å². The van der Waals surface area contributed by atoms with Crippen molar-refractivity contribution >= 4 is 28.1 Å². The highest BCUT2D eigenvalue weighted by atomic mass is 16.5. The van der Waals surface area contributed by atoms with Crippen LogP contribution in [0.5, 0.6) is 17.2 Å². The van der Waals surface area contributed by atoms with Crippen LogP contribution in [0.3, 0.4) is 0 Å². The van der Waals surface area contributed by atoms with Crippen LogP contribution in [0, 0.1) is 20.8 Å². The summed E-state index contributed by atoms with van der Waals surface area (Å²) in [7, 11) is 4.84. The van der Waals surface area contributed by atoms with E-state index in [0.29, 0.717) is 17.2 Å². The molecule has 1 amide bonds. The fourth-order valence-electron chi connectivity index (χ4n) is 4.60. The highest BCUT2D eigenvalue weighted by Gasteiger charge is 2.19. The molecule has 6 nitrogen and oxygen atoms in total. The summed E-state index contributed by atoms with van der Waals surface area (Å²) < 4.78 is 22.6. The van der Waals surface area contributed by atoms with E-state index in [1.807, 2.05) is 64.1 Å². The first kappa shape index (κ1) is 24.9. The first-order valence-electron chi connectivity index (χ1n) is 11.6. The van der Waals surface area contributed by atoms with Gasteiger partial charge >= 0.3 is 0 Å². The van der Waals surface area contributed by atoms with Crippen LogP contribution in [0.25, 0.3) is 27.7 Å². The Bertz CT molecular complexity index is 1460. The van der Waals surface area contributed by atoms with Gasteiger partial charge in [0.15, 0.2) is 11.5 Å². The second kappa shape index (κ2) is 10.2. The number of nitrogens with one attached hydrogen (secondary N) is 1. The standard InChI is InChI=1S/C30H31NO5/c1-17-10-18(2)12-22(11-17)31-28(32)13-19(3)23-15-24-25(16-36-30(24)20(4)29(23)35-7)21-8-9-26(33-5)27(14-21)34-6/h8-16H,1-7H3,(H,31,32)/b19-13+. The van der Waals surface area contributed by atoms with Crippen LogP contribution < -0.4 is 19.5 Å². The number of furan rings is 1. The number of amides is 1. The Balaban J connectivity index is 1.77. The molecule has 0 unspecified atom stereocenters. The largest absolute Gasteiger partial charge is 0.496 e. The van der Waals surface area contributed by atoms with Gasteiger partial charge in [0.25, 0.3) is 0 Å². The molecule has 4 rings (SSSR count). The molecule has 3 aromatic carbocycles. The Hall–Kier alpha value is -4.19. The quantitative estimate of drug-likeness (QED) is 0.283. The molecule has 0 saturated heterocycles.